The van der Waals surface area contributed by atoms with Crippen LogP contribution in [-0.4, -0.2) is 43.1 Å². The molecule has 0 aliphatic heterocycles. The first-order valence-electron chi connectivity index (χ1n) is 13.5. The molecule has 0 spiro atoms. The van der Waals surface area contributed by atoms with E-state index < -0.39 is 43.1 Å². The molecule has 0 heterocycles. The van der Waals surface area contributed by atoms with E-state index in [-0.39, 0.29) is 0 Å². The van der Waals surface area contributed by atoms with Gasteiger partial charge in [0.15, 0.2) is 0 Å². The van der Waals surface area contributed by atoms with Crippen LogP contribution in [0.15, 0.2) is 0 Å². The molecule has 0 saturated heterocycles. The minimum atomic E-state index is -0.398. The second kappa shape index (κ2) is 29.6. The predicted octanol–water partition coefficient (Wildman–Crippen LogP) is 9.70. The minimum absolute atomic E-state index is 0.398. The molecule has 0 rings (SSSR count). The first-order valence-corrected chi connectivity index (χ1v) is 19.9. The molecule has 0 aliphatic carbocycles. The Labute approximate surface area is 207 Å². The van der Waals surface area contributed by atoms with Crippen molar-refractivity contribution in [2.45, 2.75) is 164 Å². The van der Waals surface area contributed by atoms with E-state index in [2.05, 4.69) is 13.8 Å². The van der Waals surface area contributed by atoms with Gasteiger partial charge in [-0.05, 0) is 0 Å². The van der Waals surface area contributed by atoms with Crippen LogP contribution < -0.4 is 0 Å². The van der Waals surface area contributed by atoms with Gasteiger partial charge in [-0.15, -0.1) is 0 Å². The quantitative estimate of drug-likeness (QED) is 0.0692. The van der Waals surface area contributed by atoms with E-state index in [1.54, 1.807) is 0 Å². The van der Waals surface area contributed by atoms with E-state index in [0.29, 0.717) is 0 Å². The molecule has 0 unspecified atom stereocenters. The van der Waals surface area contributed by atoms with Gasteiger partial charge in [0.25, 0.3) is 0 Å². The number of hydrogen-bond donors (Lipinski definition) is 0. The standard InChI is InChI=1S/2C13H27.O.2Sn/c2*1-3-5-7-9-11-13-12-10-8-6-4-2;;;/h2*1,3-13H2,2H3;;;. The van der Waals surface area contributed by atoms with Gasteiger partial charge >= 0.3 is 195 Å². The van der Waals surface area contributed by atoms with Crippen LogP contribution in [0.2, 0.25) is 8.87 Å². The number of unbranched alkanes of at least 4 members (excludes halogenated alkanes) is 20. The predicted molar refractivity (Wildman–Crippen MR) is 135 cm³/mol. The van der Waals surface area contributed by atoms with E-state index >= 15 is 0 Å². The second-order valence-corrected chi connectivity index (χ2v) is 18.0. The molecule has 0 N–H and O–H groups in total. The van der Waals surface area contributed by atoms with E-state index in [1.807, 2.05) is 0 Å². The summed E-state index contributed by atoms with van der Waals surface area (Å²) in [6.07, 6.45) is 32.2. The zero-order valence-corrected chi connectivity index (χ0v) is 26.1. The second-order valence-electron chi connectivity index (χ2n) is 8.96. The summed E-state index contributed by atoms with van der Waals surface area (Å²) in [5.74, 6) is 0. The van der Waals surface area contributed by atoms with Crippen molar-refractivity contribution in [1.82, 2.24) is 0 Å². The van der Waals surface area contributed by atoms with E-state index in [4.69, 9.17) is 1.41 Å². The first-order chi connectivity index (χ1) is 14.4. The van der Waals surface area contributed by atoms with Crippen molar-refractivity contribution >= 4 is 43.1 Å². The zero-order valence-electron chi connectivity index (χ0n) is 20.4. The van der Waals surface area contributed by atoms with Crippen LogP contribution in [0.5, 0.6) is 0 Å². The van der Waals surface area contributed by atoms with Gasteiger partial charge in [0, 0.05) is 0 Å². The molecule has 0 saturated carbocycles. The maximum atomic E-state index is 6.16. The van der Waals surface area contributed by atoms with Gasteiger partial charge in [-0.1, -0.05) is 13.8 Å². The fraction of sp³-hybridized carbons (Fsp3) is 1.00. The van der Waals surface area contributed by atoms with Crippen LogP contribution in [0.25, 0.3) is 0 Å². The van der Waals surface area contributed by atoms with Crippen molar-refractivity contribution in [2.75, 3.05) is 0 Å². The van der Waals surface area contributed by atoms with Gasteiger partial charge < -0.3 is 0 Å². The van der Waals surface area contributed by atoms with Crippen molar-refractivity contribution in [1.29, 1.82) is 0 Å². The van der Waals surface area contributed by atoms with Crippen LogP contribution in [-0.2, 0) is 1.41 Å². The average Bonchev–Trinajstić information content (AvgIpc) is 2.74. The fourth-order valence-corrected chi connectivity index (χ4v) is 12.9. The Morgan fingerprint density at radius 3 is 0.862 bits per heavy atom. The van der Waals surface area contributed by atoms with Crippen LogP contribution in [0, 0.1) is 0 Å². The third-order valence-corrected chi connectivity index (χ3v) is 15.4. The molecule has 0 bridgehead atoms. The van der Waals surface area contributed by atoms with Gasteiger partial charge in [-0.2, -0.15) is 0 Å². The molecule has 0 fully saturated rings. The molecule has 0 amide bonds. The average molecular weight is 620 g/mol. The van der Waals surface area contributed by atoms with Gasteiger partial charge in [-0.3, -0.25) is 0 Å². The SMILES string of the molecule is CCCCCCCCCCCC[CH2][Sn][O][Sn][CH2]CCCCCCCCCCCC. The van der Waals surface area contributed by atoms with Crippen molar-refractivity contribution in [3.63, 3.8) is 0 Å². The Morgan fingerprint density at radius 2 is 0.586 bits per heavy atom. The Hall–Kier alpha value is 1.56. The summed E-state index contributed by atoms with van der Waals surface area (Å²) < 4.78 is 9.13. The normalized spacial score (nSPS) is 11.4. The summed E-state index contributed by atoms with van der Waals surface area (Å²) in [4.78, 5) is 0. The van der Waals surface area contributed by atoms with Gasteiger partial charge in [0.05, 0.1) is 0 Å². The van der Waals surface area contributed by atoms with Crippen LogP contribution in [0.1, 0.15) is 155 Å². The summed E-state index contributed by atoms with van der Waals surface area (Å²) in [7, 11) is 0. The number of hydrogen-bond acceptors (Lipinski definition) is 1. The van der Waals surface area contributed by atoms with Gasteiger partial charge in [0.2, 0.25) is 0 Å². The topological polar surface area (TPSA) is 9.23 Å². The molecule has 4 radical (unpaired) electrons. The fourth-order valence-electron chi connectivity index (χ4n) is 3.88. The molecule has 29 heavy (non-hydrogen) atoms. The monoisotopic (exact) mass is 622 g/mol. The third-order valence-electron chi connectivity index (χ3n) is 5.91. The molecule has 172 valence electrons. The molecule has 0 atom stereocenters. The van der Waals surface area contributed by atoms with Crippen LogP contribution in [0.4, 0.5) is 0 Å². The molecule has 0 aliphatic rings. The molecular formula is C26H54OSn2. The third kappa shape index (κ3) is 29.6. The molecule has 1 nitrogen and oxygen atoms in total. The minimum Gasteiger partial charge on any atom is -0.0654 e. The van der Waals surface area contributed by atoms with Crippen molar-refractivity contribution in [3.05, 3.63) is 0 Å². The Kier molecular flexibility index (Phi) is 31.1. The van der Waals surface area contributed by atoms with E-state index in [0.717, 1.165) is 0 Å². The van der Waals surface area contributed by atoms with E-state index in [1.165, 1.54) is 150 Å². The Balaban J connectivity index is 2.97. The number of rotatable bonds is 26. The first kappa shape index (κ1) is 30.6. The van der Waals surface area contributed by atoms with Crippen LogP contribution in [0.3, 0.4) is 0 Å². The van der Waals surface area contributed by atoms with Crippen molar-refractivity contribution < 1.29 is 1.41 Å². The summed E-state index contributed by atoms with van der Waals surface area (Å²) in [5, 5.41) is 0. The van der Waals surface area contributed by atoms with Crippen molar-refractivity contribution in [2.24, 2.45) is 0 Å². The summed E-state index contributed by atoms with van der Waals surface area (Å²) in [6, 6.07) is 0. The smallest absolute Gasteiger partial charge is 0.0654 e. The van der Waals surface area contributed by atoms with Gasteiger partial charge in [0.1, 0.15) is 0 Å². The van der Waals surface area contributed by atoms with E-state index in [9.17, 15) is 0 Å². The van der Waals surface area contributed by atoms with Crippen molar-refractivity contribution in [3.8, 4) is 0 Å². The summed E-state index contributed by atoms with van der Waals surface area (Å²) >= 11 is -0.796. The molecular weight excluding hydrogens is 566 g/mol. The Bertz CT molecular complexity index is 247. The summed E-state index contributed by atoms with van der Waals surface area (Å²) in [6.45, 7) is 4.60. The van der Waals surface area contributed by atoms with Crippen LogP contribution >= 0.6 is 0 Å². The maximum absolute atomic E-state index is 6.16. The zero-order chi connectivity index (χ0) is 21.1. The Morgan fingerprint density at radius 1 is 0.345 bits per heavy atom. The molecule has 3 heteroatoms. The molecule has 0 aromatic heterocycles. The summed E-state index contributed by atoms with van der Waals surface area (Å²) in [5.41, 5.74) is 0. The van der Waals surface area contributed by atoms with Gasteiger partial charge in [-0.25, -0.2) is 0 Å². The molecule has 0 aromatic carbocycles. The molecule has 0 aromatic rings.